The second-order valence-corrected chi connectivity index (χ2v) is 11.1. The number of esters is 1. The quantitative estimate of drug-likeness (QED) is 0.604. The smallest absolute Gasteiger partial charge is 0.408 e. The van der Waals surface area contributed by atoms with Gasteiger partial charge < -0.3 is 29.0 Å². The van der Waals surface area contributed by atoms with Gasteiger partial charge in [-0.25, -0.2) is 14.0 Å². The number of hydrogen-bond donors (Lipinski definition) is 1. The number of alkyl carbamates (subject to hydrolysis) is 1. The Kier molecular flexibility index (Phi) is 6.42. The first kappa shape index (κ1) is 25.5. The number of halogens is 1. The van der Waals surface area contributed by atoms with E-state index in [0.717, 1.165) is 12.8 Å². The summed E-state index contributed by atoms with van der Waals surface area (Å²) in [4.78, 5) is 40.2. The minimum Gasteiger partial charge on any atom is -0.462 e. The molecule has 37 heavy (non-hydrogen) atoms. The van der Waals surface area contributed by atoms with Crippen LogP contribution in [0.5, 0.6) is 0 Å². The van der Waals surface area contributed by atoms with Gasteiger partial charge >= 0.3 is 12.1 Å². The van der Waals surface area contributed by atoms with Gasteiger partial charge in [-0.05, 0) is 65.5 Å². The summed E-state index contributed by atoms with van der Waals surface area (Å²) in [7, 11) is 0. The number of nitrogens with one attached hydrogen (secondary N) is 1. The Morgan fingerprint density at radius 2 is 1.97 bits per heavy atom. The second-order valence-electron chi connectivity index (χ2n) is 11.1. The molecule has 2 aromatic rings. The number of benzene rings is 1. The van der Waals surface area contributed by atoms with Crippen molar-refractivity contribution < 1.29 is 28.2 Å². The van der Waals surface area contributed by atoms with Crippen molar-refractivity contribution >= 4 is 28.7 Å². The monoisotopic (exact) mass is 515 g/mol. The van der Waals surface area contributed by atoms with Crippen molar-refractivity contribution in [2.24, 2.45) is 0 Å². The van der Waals surface area contributed by atoms with Crippen molar-refractivity contribution in [3.63, 3.8) is 0 Å². The van der Waals surface area contributed by atoms with Gasteiger partial charge in [-0.15, -0.1) is 0 Å². The van der Waals surface area contributed by atoms with E-state index in [-0.39, 0.29) is 41.8 Å². The van der Waals surface area contributed by atoms with Gasteiger partial charge in [-0.3, -0.25) is 4.79 Å². The predicted octanol–water partition coefficient (Wildman–Crippen LogP) is 3.83. The zero-order valence-electron chi connectivity index (χ0n) is 21.9. The van der Waals surface area contributed by atoms with Crippen LogP contribution in [0.15, 0.2) is 17.1 Å². The predicted molar refractivity (Wildman–Crippen MR) is 136 cm³/mol. The van der Waals surface area contributed by atoms with Crippen LogP contribution in [0.25, 0.3) is 10.9 Å². The molecule has 3 atom stereocenters. The van der Waals surface area contributed by atoms with Crippen LogP contribution < -0.4 is 15.6 Å². The summed E-state index contributed by atoms with van der Waals surface area (Å²) in [6.07, 6.45) is 3.23. The van der Waals surface area contributed by atoms with Gasteiger partial charge in [0.25, 0.3) is 0 Å². The second kappa shape index (κ2) is 9.31. The van der Waals surface area contributed by atoms with Crippen LogP contribution in [0, 0.1) is 12.7 Å². The molecule has 1 amide bonds. The summed E-state index contributed by atoms with van der Waals surface area (Å²) in [6, 6.07) is 0.858. The maximum atomic E-state index is 15.9. The van der Waals surface area contributed by atoms with E-state index in [1.54, 1.807) is 33.9 Å². The van der Waals surface area contributed by atoms with Crippen LogP contribution in [0.3, 0.4) is 0 Å². The molecule has 3 aliphatic rings. The molecule has 3 heterocycles. The number of anilines is 1. The summed E-state index contributed by atoms with van der Waals surface area (Å²) in [5.41, 5.74) is 0.369. The molecule has 200 valence electrons. The number of amides is 1. The largest absolute Gasteiger partial charge is 0.462 e. The summed E-state index contributed by atoms with van der Waals surface area (Å²) in [5, 5.41) is 3.07. The van der Waals surface area contributed by atoms with Gasteiger partial charge in [0, 0.05) is 30.8 Å². The number of aryl methyl sites for hydroxylation is 1. The van der Waals surface area contributed by atoms with E-state index >= 15 is 4.39 Å². The summed E-state index contributed by atoms with van der Waals surface area (Å²) < 4.78 is 34.3. The number of rotatable bonds is 5. The molecule has 5 rings (SSSR count). The van der Waals surface area contributed by atoms with E-state index in [2.05, 4.69) is 5.32 Å². The Hall–Kier alpha value is -3.14. The number of nitrogens with zero attached hydrogens (tertiary/aromatic N) is 2. The number of carbonyl (C=O) groups excluding carboxylic acids is 2. The topological polar surface area (TPSA) is 99.1 Å². The maximum absolute atomic E-state index is 15.9. The van der Waals surface area contributed by atoms with E-state index < -0.39 is 28.9 Å². The summed E-state index contributed by atoms with van der Waals surface area (Å²) >= 11 is 0. The number of fused-ring (bicyclic) bond motifs is 2. The third kappa shape index (κ3) is 4.67. The van der Waals surface area contributed by atoms with Crippen molar-refractivity contribution in [1.82, 2.24) is 9.88 Å². The normalized spacial score (nSPS) is 23.3. The Morgan fingerprint density at radius 1 is 1.24 bits per heavy atom. The molecular weight excluding hydrogens is 481 g/mol. The number of aromatic nitrogens is 1. The standard InChI is InChI=1S/C27H34FN3O6/c1-6-35-25(33)17-12-30(15-7-8-15)21-14(2)22(18(28)11-16(21)23(17)32)31-13-19(24-20(31)9-10-36-24)29-26(34)37-27(3,4)5/h11-12,15,19-20,24H,6-10,13H2,1-5H3,(H,29,34)/t19-,20+,24+/m0/s1. The zero-order chi connectivity index (χ0) is 26.6. The number of ether oxygens (including phenoxy) is 3. The van der Waals surface area contributed by atoms with E-state index in [4.69, 9.17) is 14.2 Å². The van der Waals surface area contributed by atoms with Gasteiger partial charge in [-0.2, -0.15) is 0 Å². The van der Waals surface area contributed by atoms with E-state index in [1.165, 1.54) is 6.07 Å². The Morgan fingerprint density at radius 3 is 2.62 bits per heavy atom. The molecule has 0 unspecified atom stereocenters. The first-order valence-corrected chi connectivity index (χ1v) is 12.9. The molecule has 3 fully saturated rings. The van der Waals surface area contributed by atoms with Crippen LogP contribution in [-0.2, 0) is 14.2 Å². The average molecular weight is 516 g/mol. The van der Waals surface area contributed by atoms with Crippen LogP contribution >= 0.6 is 0 Å². The lowest BCUT2D eigenvalue weighted by Gasteiger charge is -2.28. The Labute approximate surface area is 214 Å². The molecule has 2 saturated heterocycles. The Bertz CT molecular complexity index is 1310. The molecule has 1 aromatic carbocycles. The molecule has 9 nitrogen and oxygen atoms in total. The minimum atomic E-state index is -0.701. The molecule has 1 aromatic heterocycles. The fourth-order valence-corrected chi connectivity index (χ4v) is 5.63. The highest BCUT2D eigenvalue weighted by molar-refractivity contribution is 5.96. The lowest BCUT2D eigenvalue weighted by molar-refractivity contribution is 0.0409. The van der Waals surface area contributed by atoms with Gasteiger partial charge in [-0.1, -0.05) is 0 Å². The fraction of sp³-hybridized carbons (Fsp3) is 0.593. The first-order chi connectivity index (χ1) is 17.5. The third-order valence-corrected chi connectivity index (χ3v) is 7.20. The van der Waals surface area contributed by atoms with Gasteiger partial charge in [0.05, 0.1) is 36.0 Å². The van der Waals surface area contributed by atoms with Gasteiger partial charge in [0.2, 0.25) is 5.43 Å². The highest BCUT2D eigenvalue weighted by Gasteiger charge is 2.48. The Balaban J connectivity index is 1.57. The molecule has 0 bridgehead atoms. The molecule has 1 aliphatic carbocycles. The fourth-order valence-electron chi connectivity index (χ4n) is 5.63. The van der Waals surface area contributed by atoms with Gasteiger partial charge in [0.1, 0.15) is 17.0 Å². The molecule has 10 heteroatoms. The average Bonchev–Trinajstić information content (AvgIpc) is 3.43. The molecule has 0 radical (unpaired) electrons. The SMILES string of the molecule is CCOC(=O)c1cn(C2CC2)c2c(C)c(N3C[C@H](NC(=O)OC(C)(C)C)[C@H]4OCC[C@H]43)c(F)cc2c1=O. The van der Waals surface area contributed by atoms with Crippen molar-refractivity contribution in [3.05, 3.63) is 39.4 Å². The maximum Gasteiger partial charge on any atom is 0.408 e. The summed E-state index contributed by atoms with van der Waals surface area (Å²) in [5.74, 6) is -1.25. The van der Waals surface area contributed by atoms with Crippen LogP contribution in [0.4, 0.5) is 14.9 Å². The lowest BCUT2D eigenvalue weighted by Crippen LogP contribution is -2.45. The number of hydrogen-bond acceptors (Lipinski definition) is 7. The molecule has 0 spiro atoms. The minimum absolute atomic E-state index is 0.0835. The van der Waals surface area contributed by atoms with E-state index in [1.807, 2.05) is 16.4 Å². The van der Waals surface area contributed by atoms with Crippen molar-refractivity contribution in [3.8, 4) is 0 Å². The van der Waals surface area contributed by atoms with E-state index in [0.29, 0.717) is 36.3 Å². The van der Waals surface area contributed by atoms with Crippen molar-refractivity contribution in [1.29, 1.82) is 0 Å². The van der Waals surface area contributed by atoms with E-state index in [9.17, 15) is 14.4 Å². The lowest BCUT2D eigenvalue weighted by atomic mass is 10.0. The zero-order valence-corrected chi connectivity index (χ0v) is 21.9. The molecule has 1 saturated carbocycles. The summed E-state index contributed by atoms with van der Waals surface area (Å²) in [6.45, 7) is 9.85. The number of carbonyl (C=O) groups is 2. The van der Waals surface area contributed by atoms with Crippen LogP contribution in [0.1, 0.15) is 68.9 Å². The van der Waals surface area contributed by atoms with Crippen LogP contribution in [-0.4, -0.2) is 60.2 Å². The highest BCUT2D eigenvalue weighted by atomic mass is 19.1. The van der Waals surface area contributed by atoms with Gasteiger partial charge in [0.15, 0.2) is 0 Å². The molecular formula is C27H34FN3O6. The highest BCUT2D eigenvalue weighted by Crippen LogP contribution is 2.42. The van der Waals surface area contributed by atoms with Crippen molar-refractivity contribution in [2.45, 2.75) is 83.7 Å². The first-order valence-electron chi connectivity index (χ1n) is 12.9. The van der Waals surface area contributed by atoms with Crippen molar-refractivity contribution in [2.75, 3.05) is 24.7 Å². The third-order valence-electron chi connectivity index (χ3n) is 7.20. The number of pyridine rings is 1. The molecule has 2 aliphatic heterocycles. The van der Waals surface area contributed by atoms with Crippen LogP contribution in [0.2, 0.25) is 0 Å². The molecule has 1 N–H and O–H groups in total.